The predicted octanol–water partition coefficient (Wildman–Crippen LogP) is 2.87. The predicted molar refractivity (Wildman–Crippen MR) is 79.6 cm³/mol. The summed E-state index contributed by atoms with van der Waals surface area (Å²) in [6, 6.07) is 8.62. The lowest BCUT2D eigenvalue weighted by atomic mass is 10.00. The Labute approximate surface area is 116 Å². The van der Waals surface area contributed by atoms with Crippen molar-refractivity contribution in [1.82, 2.24) is 4.90 Å². The number of piperazine rings is 1. The van der Waals surface area contributed by atoms with Crippen molar-refractivity contribution in [2.24, 2.45) is 0 Å². The molecule has 0 aromatic heterocycles. The van der Waals surface area contributed by atoms with Crippen LogP contribution in [0.4, 0.5) is 5.69 Å². The first-order valence-corrected chi connectivity index (χ1v) is 7.25. The summed E-state index contributed by atoms with van der Waals surface area (Å²) in [7, 11) is 0. The minimum absolute atomic E-state index is 0.275. The van der Waals surface area contributed by atoms with Crippen LogP contribution in [0.5, 0.6) is 0 Å². The number of amides is 1. The van der Waals surface area contributed by atoms with E-state index >= 15 is 0 Å². The lowest BCUT2D eigenvalue weighted by Crippen LogP contribution is -2.48. The van der Waals surface area contributed by atoms with Gasteiger partial charge < -0.3 is 9.80 Å². The average Bonchev–Trinajstić information content (AvgIpc) is 2.46. The summed E-state index contributed by atoms with van der Waals surface area (Å²) in [5.74, 6) is 0.809. The first-order valence-electron chi connectivity index (χ1n) is 7.25. The molecule has 0 radical (unpaired) electrons. The van der Waals surface area contributed by atoms with E-state index < -0.39 is 0 Å². The first kappa shape index (κ1) is 13.9. The molecule has 19 heavy (non-hydrogen) atoms. The molecule has 1 fully saturated rings. The van der Waals surface area contributed by atoms with E-state index in [0.717, 1.165) is 26.2 Å². The van der Waals surface area contributed by atoms with Crippen LogP contribution in [-0.4, -0.2) is 37.0 Å². The second-order valence-electron chi connectivity index (χ2n) is 5.43. The van der Waals surface area contributed by atoms with E-state index in [4.69, 9.17) is 0 Å². The van der Waals surface area contributed by atoms with Crippen LogP contribution in [0.2, 0.25) is 0 Å². The zero-order valence-electron chi connectivity index (χ0n) is 12.2. The molecule has 0 saturated carbocycles. The third kappa shape index (κ3) is 3.09. The van der Waals surface area contributed by atoms with Crippen molar-refractivity contribution in [3.05, 3.63) is 29.8 Å². The van der Waals surface area contributed by atoms with Gasteiger partial charge in [-0.15, -0.1) is 0 Å². The molecule has 3 nitrogen and oxygen atoms in total. The lowest BCUT2D eigenvalue weighted by Gasteiger charge is -2.37. The summed E-state index contributed by atoms with van der Waals surface area (Å²) < 4.78 is 0. The quantitative estimate of drug-likeness (QED) is 0.834. The van der Waals surface area contributed by atoms with Crippen LogP contribution in [0, 0.1) is 0 Å². The van der Waals surface area contributed by atoms with Gasteiger partial charge in [0.2, 0.25) is 5.91 Å². The minimum Gasteiger partial charge on any atom is -0.368 e. The molecule has 104 valence electrons. The lowest BCUT2D eigenvalue weighted by molar-refractivity contribution is -0.131. The summed E-state index contributed by atoms with van der Waals surface area (Å²) in [5, 5.41) is 0. The van der Waals surface area contributed by atoms with E-state index in [2.05, 4.69) is 43.0 Å². The van der Waals surface area contributed by atoms with Gasteiger partial charge in [0.05, 0.1) is 0 Å². The number of para-hydroxylation sites is 1. The molecule has 1 saturated heterocycles. The molecule has 0 aliphatic carbocycles. The Hall–Kier alpha value is -1.51. The molecule has 1 aromatic carbocycles. The Balaban J connectivity index is 2.08. The van der Waals surface area contributed by atoms with Crippen molar-refractivity contribution in [3.63, 3.8) is 0 Å². The van der Waals surface area contributed by atoms with Gasteiger partial charge >= 0.3 is 0 Å². The van der Waals surface area contributed by atoms with Gasteiger partial charge in [-0.25, -0.2) is 0 Å². The van der Waals surface area contributed by atoms with Gasteiger partial charge in [-0.3, -0.25) is 4.79 Å². The summed E-state index contributed by atoms with van der Waals surface area (Å²) in [6.45, 7) is 9.97. The molecule has 1 heterocycles. The largest absolute Gasteiger partial charge is 0.368 e. The molecule has 1 aliphatic heterocycles. The summed E-state index contributed by atoms with van der Waals surface area (Å²) in [5.41, 5.74) is 2.74. The highest BCUT2D eigenvalue weighted by atomic mass is 16.2. The van der Waals surface area contributed by atoms with Crippen LogP contribution < -0.4 is 4.90 Å². The van der Waals surface area contributed by atoms with Crippen molar-refractivity contribution in [2.45, 2.75) is 33.1 Å². The number of rotatable bonds is 3. The molecular weight excluding hydrogens is 236 g/mol. The molecule has 2 rings (SSSR count). The third-order valence-electron chi connectivity index (χ3n) is 3.83. The second-order valence-corrected chi connectivity index (χ2v) is 5.43. The maximum atomic E-state index is 11.7. The van der Waals surface area contributed by atoms with E-state index in [-0.39, 0.29) is 5.91 Å². The third-order valence-corrected chi connectivity index (χ3v) is 3.83. The van der Waals surface area contributed by atoms with Crippen molar-refractivity contribution in [2.75, 3.05) is 31.1 Å². The number of benzene rings is 1. The van der Waals surface area contributed by atoms with Crippen molar-refractivity contribution < 1.29 is 4.79 Å². The van der Waals surface area contributed by atoms with Gasteiger partial charge in [0.25, 0.3) is 0 Å². The number of hydrogen-bond acceptors (Lipinski definition) is 2. The molecule has 0 N–H and O–H groups in total. The standard InChI is InChI=1S/C16H24N2O/c1-4-16(19)18-11-9-17(10-12-18)15-8-6-5-7-14(15)13(2)3/h5-8,13H,4,9-12H2,1-3H3. The van der Waals surface area contributed by atoms with E-state index in [0.29, 0.717) is 12.3 Å². The Bertz CT molecular complexity index is 434. The SMILES string of the molecule is CCC(=O)N1CCN(c2ccccc2C(C)C)CC1. The fourth-order valence-electron chi connectivity index (χ4n) is 2.68. The molecule has 0 atom stereocenters. The number of anilines is 1. The molecule has 0 unspecified atom stereocenters. The van der Waals surface area contributed by atoms with Gasteiger partial charge in [-0.05, 0) is 17.5 Å². The number of hydrogen-bond donors (Lipinski definition) is 0. The van der Waals surface area contributed by atoms with Crippen molar-refractivity contribution in [3.8, 4) is 0 Å². The molecule has 1 amide bonds. The van der Waals surface area contributed by atoms with Gasteiger partial charge in [0.15, 0.2) is 0 Å². The molecule has 0 spiro atoms. The Morgan fingerprint density at radius 1 is 1.16 bits per heavy atom. The van der Waals surface area contributed by atoms with Crippen LogP contribution in [0.25, 0.3) is 0 Å². The first-order chi connectivity index (χ1) is 9.13. The van der Waals surface area contributed by atoms with Gasteiger partial charge in [0.1, 0.15) is 0 Å². The van der Waals surface area contributed by atoms with E-state index in [1.807, 2.05) is 11.8 Å². The van der Waals surface area contributed by atoms with Gasteiger partial charge in [0, 0.05) is 38.3 Å². The normalized spacial score (nSPS) is 16.0. The summed E-state index contributed by atoms with van der Waals surface area (Å²) in [6.07, 6.45) is 0.614. The smallest absolute Gasteiger partial charge is 0.222 e. The number of carbonyl (C=O) groups is 1. The highest BCUT2D eigenvalue weighted by Crippen LogP contribution is 2.28. The van der Waals surface area contributed by atoms with Crippen molar-refractivity contribution >= 4 is 11.6 Å². The zero-order valence-corrected chi connectivity index (χ0v) is 12.2. The monoisotopic (exact) mass is 260 g/mol. The second kappa shape index (κ2) is 6.09. The molecule has 1 aromatic rings. The van der Waals surface area contributed by atoms with E-state index in [1.165, 1.54) is 11.3 Å². The molecule has 3 heteroatoms. The minimum atomic E-state index is 0.275. The Morgan fingerprint density at radius 3 is 2.37 bits per heavy atom. The van der Waals surface area contributed by atoms with Crippen molar-refractivity contribution in [1.29, 1.82) is 0 Å². The zero-order chi connectivity index (χ0) is 13.8. The molecule has 0 bridgehead atoms. The highest BCUT2D eigenvalue weighted by Gasteiger charge is 2.21. The molecule has 1 aliphatic rings. The van der Waals surface area contributed by atoms with Crippen LogP contribution in [0.15, 0.2) is 24.3 Å². The van der Waals surface area contributed by atoms with E-state index in [9.17, 15) is 4.79 Å². The number of carbonyl (C=O) groups excluding carboxylic acids is 1. The van der Waals surface area contributed by atoms with Crippen LogP contribution in [0.3, 0.4) is 0 Å². The maximum absolute atomic E-state index is 11.7. The highest BCUT2D eigenvalue weighted by molar-refractivity contribution is 5.76. The van der Waals surface area contributed by atoms with Crippen LogP contribution in [-0.2, 0) is 4.79 Å². The fourth-order valence-corrected chi connectivity index (χ4v) is 2.68. The number of nitrogens with zero attached hydrogens (tertiary/aromatic N) is 2. The summed E-state index contributed by atoms with van der Waals surface area (Å²) >= 11 is 0. The van der Waals surface area contributed by atoms with Crippen LogP contribution in [0.1, 0.15) is 38.7 Å². The summed E-state index contributed by atoms with van der Waals surface area (Å²) in [4.78, 5) is 16.1. The van der Waals surface area contributed by atoms with Crippen LogP contribution >= 0.6 is 0 Å². The van der Waals surface area contributed by atoms with Gasteiger partial charge in [-0.1, -0.05) is 39.0 Å². The van der Waals surface area contributed by atoms with Gasteiger partial charge in [-0.2, -0.15) is 0 Å². The molecular formula is C16H24N2O. The van der Waals surface area contributed by atoms with E-state index in [1.54, 1.807) is 0 Å². The fraction of sp³-hybridized carbons (Fsp3) is 0.562. The average molecular weight is 260 g/mol. The topological polar surface area (TPSA) is 23.6 Å². The Kier molecular flexibility index (Phi) is 4.46. The Morgan fingerprint density at radius 2 is 1.79 bits per heavy atom. The maximum Gasteiger partial charge on any atom is 0.222 e.